The van der Waals surface area contributed by atoms with Crippen molar-refractivity contribution in [2.75, 3.05) is 0 Å². The molecule has 1 nitrogen and oxygen atoms in total. The first-order valence-corrected chi connectivity index (χ1v) is 16.1. The second kappa shape index (κ2) is 14.1. The Kier molecular flexibility index (Phi) is 10.1. The van der Waals surface area contributed by atoms with Crippen LogP contribution < -0.4 is 0 Å². The fourth-order valence-electron chi connectivity index (χ4n) is 7.55. The zero-order chi connectivity index (χ0) is 28.6. The van der Waals surface area contributed by atoms with Crippen molar-refractivity contribution in [1.82, 2.24) is 4.90 Å². The number of benzene rings is 4. The fourth-order valence-corrected chi connectivity index (χ4v) is 7.55. The van der Waals surface area contributed by atoms with E-state index in [4.69, 9.17) is 0 Å². The van der Waals surface area contributed by atoms with Crippen LogP contribution in [0.1, 0.15) is 110 Å². The van der Waals surface area contributed by atoms with Gasteiger partial charge in [0.15, 0.2) is 0 Å². The highest BCUT2D eigenvalue weighted by Gasteiger charge is 2.38. The first kappa shape index (κ1) is 29.3. The van der Waals surface area contributed by atoms with Crippen molar-refractivity contribution in [2.24, 2.45) is 0 Å². The molecule has 4 aromatic carbocycles. The average molecular weight is 544 g/mol. The van der Waals surface area contributed by atoms with Crippen LogP contribution in [0.3, 0.4) is 0 Å². The van der Waals surface area contributed by atoms with Gasteiger partial charge in [0.25, 0.3) is 0 Å². The lowest BCUT2D eigenvalue weighted by Gasteiger charge is -2.48. The van der Waals surface area contributed by atoms with Crippen LogP contribution in [0.5, 0.6) is 0 Å². The van der Waals surface area contributed by atoms with Gasteiger partial charge in [-0.15, -0.1) is 0 Å². The van der Waals surface area contributed by atoms with Crippen molar-refractivity contribution >= 4 is 0 Å². The Hall–Kier alpha value is -3.16. The predicted molar refractivity (Wildman–Crippen MR) is 176 cm³/mol. The molecule has 4 aromatic rings. The summed E-state index contributed by atoms with van der Waals surface area (Å²) in [6.45, 7) is 9.43. The van der Waals surface area contributed by atoms with Crippen LogP contribution in [0.2, 0.25) is 0 Å². The fraction of sp³-hybridized carbons (Fsp3) is 0.400. The van der Waals surface area contributed by atoms with Gasteiger partial charge >= 0.3 is 0 Å². The van der Waals surface area contributed by atoms with Gasteiger partial charge in [0, 0.05) is 12.1 Å². The van der Waals surface area contributed by atoms with E-state index in [2.05, 4.69) is 142 Å². The van der Waals surface area contributed by atoms with Gasteiger partial charge in [0.2, 0.25) is 0 Å². The molecule has 0 amide bonds. The van der Waals surface area contributed by atoms with Crippen LogP contribution in [-0.2, 0) is 0 Å². The van der Waals surface area contributed by atoms with Crippen LogP contribution in [0.15, 0.2) is 109 Å². The van der Waals surface area contributed by atoms with Gasteiger partial charge in [-0.2, -0.15) is 0 Å². The molecule has 0 saturated heterocycles. The number of nitrogens with zero attached hydrogens (tertiary/aromatic N) is 1. The topological polar surface area (TPSA) is 3.24 Å². The maximum Gasteiger partial charge on any atom is 0.0611 e. The van der Waals surface area contributed by atoms with Crippen molar-refractivity contribution in [1.29, 1.82) is 0 Å². The highest BCUT2D eigenvalue weighted by Crippen LogP contribution is 2.44. The minimum atomic E-state index is 0.246. The zero-order valence-electron chi connectivity index (χ0n) is 25.7. The third-order valence-electron chi connectivity index (χ3n) is 9.82. The van der Waals surface area contributed by atoms with E-state index in [1.54, 1.807) is 0 Å². The van der Waals surface area contributed by atoms with E-state index in [9.17, 15) is 0 Å². The summed E-state index contributed by atoms with van der Waals surface area (Å²) in [5.74, 6) is 1.19. The monoisotopic (exact) mass is 543 g/mol. The van der Waals surface area contributed by atoms with Crippen molar-refractivity contribution in [3.05, 3.63) is 143 Å². The first-order valence-electron chi connectivity index (χ1n) is 16.1. The molecule has 0 bridgehead atoms. The molecule has 0 aromatic heterocycles. The van der Waals surface area contributed by atoms with Crippen LogP contribution in [-0.4, -0.2) is 17.0 Å². The maximum atomic E-state index is 3.02. The smallest absolute Gasteiger partial charge is 0.0611 e. The molecule has 4 atom stereocenters. The summed E-state index contributed by atoms with van der Waals surface area (Å²) in [5, 5.41) is 0. The van der Waals surface area contributed by atoms with E-state index in [0.717, 1.165) is 6.42 Å². The molecule has 1 aliphatic carbocycles. The molecule has 0 aliphatic heterocycles. The second-order valence-corrected chi connectivity index (χ2v) is 12.3. The van der Waals surface area contributed by atoms with Crippen molar-refractivity contribution in [3.8, 4) is 0 Å². The molecule has 41 heavy (non-hydrogen) atoms. The molecular formula is C40H49N. The largest absolute Gasteiger partial charge is 0.286 e. The average Bonchev–Trinajstić information content (AvgIpc) is 3.03. The lowest BCUT2D eigenvalue weighted by atomic mass is 9.77. The molecule has 0 heterocycles. The molecule has 0 spiro atoms. The van der Waals surface area contributed by atoms with Crippen molar-refractivity contribution < 1.29 is 0 Å². The summed E-state index contributed by atoms with van der Waals surface area (Å²) < 4.78 is 0. The van der Waals surface area contributed by atoms with Gasteiger partial charge in [0.1, 0.15) is 0 Å². The van der Waals surface area contributed by atoms with Gasteiger partial charge in [-0.3, -0.25) is 4.90 Å². The van der Waals surface area contributed by atoms with Gasteiger partial charge in [-0.05, 0) is 97.6 Å². The lowest BCUT2D eigenvalue weighted by molar-refractivity contribution is 0.0548. The Morgan fingerprint density at radius 3 is 1.78 bits per heavy atom. The minimum Gasteiger partial charge on any atom is -0.286 e. The molecule has 0 N–H and O–H groups in total. The molecule has 1 heteroatoms. The summed E-state index contributed by atoms with van der Waals surface area (Å²) in [6.07, 6.45) is 8.62. The lowest BCUT2D eigenvalue weighted by Crippen LogP contribution is -2.48. The summed E-state index contributed by atoms with van der Waals surface area (Å²) in [7, 11) is 0. The SMILES string of the molecule is CCC(C[C@H](CC)N(C1CCCC(c2ccccc2)C1)C(c1ccccc1C)c1ccccc1C)c1ccccc1. The van der Waals surface area contributed by atoms with E-state index in [1.807, 2.05) is 0 Å². The minimum absolute atomic E-state index is 0.246. The van der Waals surface area contributed by atoms with E-state index >= 15 is 0 Å². The molecule has 0 radical (unpaired) electrons. The van der Waals surface area contributed by atoms with E-state index in [1.165, 1.54) is 71.9 Å². The molecule has 1 aliphatic rings. The standard InChI is InChI=1S/C40H49N/c1-5-32(33-20-9-7-10-21-33)28-36(6-2)41(37-25-17-24-35(29-37)34-22-11-8-12-23-34)40(38-26-15-13-18-30(38)3)39-27-16-14-19-31(39)4/h7-16,18-23,26-27,32,35-37,40H,5-6,17,24-25,28-29H2,1-4H3/t32?,35?,36-,37?/m0/s1. The Morgan fingerprint density at radius 2 is 1.22 bits per heavy atom. The van der Waals surface area contributed by atoms with Gasteiger partial charge < -0.3 is 0 Å². The Labute approximate surface area is 249 Å². The van der Waals surface area contributed by atoms with Crippen molar-refractivity contribution in [3.63, 3.8) is 0 Å². The Morgan fingerprint density at radius 1 is 0.659 bits per heavy atom. The normalized spacial score (nSPS) is 18.9. The summed E-state index contributed by atoms with van der Waals surface area (Å²) in [6, 6.07) is 42.2. The van der Waals surface area contributed by atoms with Crippen LogP contribution in [0, 0.1) is 13.8 Å². The van der Waals surface area contributed by atoms with E-state index in [0.29, 0.717) is 23.9 Å². The van der Waals surface area contributed by atoms with Crippen LogP contribution in [0.25, 0.3) is 0 Å². The van der Waals surface area contributed by atoms with Gasteiger partial charge in [-0.25, -0.2) is 0 Å². The summed E-state index contributed by atoms with van der Waals surface area (Å²) in [4.78, 5) is 3.02. The summed E-state index contributed by atoms with van der Waals surface area (Å²) in [5.41, 5.74) is 8.73. The summed E-state index contributed by atoms with van der Waals surface area (Å²) >= 11 is 0. The number of hydrogen-bond acceptors (Lipinski definition) is 1. The highest BCUT2D eigenvalue weighted by atomic mass is 15.2. The molecular weight excluding hydrogens is 494 g/mol. The molecule has 1 saturated carbocycles. The quantitative estimate of drug-likeness (QED) is 0.182. The second-order valence-electron chi connectivity index (χ2n) is 12.3. The first-order chi connectivity index (χ1) is 20.1. The van der Waals surface area contributed by atoms with Crippen LogP contribution >= 0.6 is 0 Å². The third kappa shape index (κ3) is 6.84. The highest BCUT2D eigenvalue weighted by molar-refractivity contribution is 5.41. The molecule has 3 unspecified atom stereocenters. The maximum absolute atomic E-state index is 3.02. The Balaban J connectivity index is 1.62. The van der Waals surface area contributed by atoms with Crippen molar-refractivity contribution in [2.45, 2.75) is 103 Å². The number of rotatable bonds is 11. The zero-order valence-corrected chi connectivity index (χ0v) is 25.7. The van der Waals surface area contributed by atoms with Gasteiger partial charge in [-0.1, -0.05) is 129 Å². The van der Waals surface area contributed by atoms with Crippen LogP contribution in [0.4, 0.5) is 0 Å². The number of hydrogen-bond donors (Lipinski definition) is 0. The predicted octanol–water partition coefficient (Wildman–Crippen LogP) is 10.8. The number of aryl methyl sites for hydroxylation is 2. The van der Waals surface area contributed by atoms with E-state index in [-0.39, 0.29) is 6.04 Å². The van der Waals surface area contributed by atoms with Gasteiger partial charge in [0.05, 0.1) is 6.04 Å². The molecule has 5 rings (SSSR count). The third-order valence-corrected chi connectivity index (χ3v) is 9.82. The Bertz CT molecular complexity index is 1300. The molecule has 214 valence electrons. The van der Waals surface area contributed by atoms with E-state index < -0.39 is 0 Å². The molecule has 1 fully saturated rings.